The molecule has 0 N–H and O–H groups in total. The summed E-state index contributed by atoms with van der Waals surface area (Å²) < 4.78 is 51.5. The van der Waals surface area contributed by atoms with E-state index in [1.165, 1.54) is 6.07 Å². The van der Waals surface area contributed by atoms with E-state index in [0.717, 1.165) is 29.9 Å². The van der Waals surface area contributed by atoms with Crippen LogP contribution in [0.25, 0.3) is 0 Å². The molecule has 1 spiro atoms. The predicted octanol–water partition coefficient (Wildman–Crippen LogP) is 7.03. The Balaban J connectivity index is 1.57. The molecule has 0 bridgehead atoms. The minimum absolute atomic E-state index is 0.0337. The van der Waals surface area contributed by atoms with E-state index in [2.05, 4.69) is 0 Å². The van der Waals surface area contributed by atoms with Crippen LogP contribution in [0.1, 0.15) is 76.5 Å². The highest BCUT2D eigenvalue weighted by Gasteiger charge is 2.49. The van der Waals surface area contributed by atoms with Crippen molar-refractivity contribution in [2.75, 3.05) is 33.3 Å². The Bertz CT molecular complexity index is 1260. The van der Waals surface area contributed by atoms with Gasteiger partial charge in [0.1, 0.15) is 11.4 Å². The molecule has 0 radical (unpaired) electrons. The molecule has 2 fully saturated rings. The summed E-state index contributed by atoms with van der Waals surface area (Å²) in [7, 11) is 1.64. The average Bonchev–Trinajstić information content (AvgIpc) is 2.92. The van der Waals surface area contributed by atoms with Crippen molar-refractivity contribution in [3.05, 3.63) is 65.2 Å². The van der Waals surface area contributed by atoms with Crippen molar-refractivity contribution in [1.82, 2.24) is 9.80 Å². The Morgan fingerprint density at radius 3 is 2.02 bits per heavy atom. The number of hydrogen-bond acceptors (Lipinski definition) is 4. The van der Waals surface area contributed by atoms with Gasteiger partial charge in [-0.2, -0.15) is 13.2 Å². The van der Waals surface area contributed by atoms with E-state index in [0.29, 0.717) is 44.6 Å². The maximum Gasteiger partial charge on any atom is 0.416 e. The first-order chi connectivity index (χ1) is 19.1. The fourth-order valence-corrected chi connectivity index (χ4v) is 6.27. The number of ether oxygens (including phenoxy) is 2. The second-order valence-corrected chi connectivity index (χ2v) is 12.8. The summed E-state index contributed by atoms with van der Waals surface area (Å²) in [6.07, 6.45) is -2.66. The quantitative estimate of drug-likeness (QED) is 0.394. The Morgan fingerprint density at radius 1 is 0.854 bits per heavy atom. The number of hydrogen-bond donors (Lipinski definition) is 0. The minimum atomic E-state index is -4.48. The van der Waals surface area contributed by atoms with E-state index in [1.54, 1.807) is 36.8 Å². The van der Waals surface area contributed by atoms with Crippen molar-refractivity contribution < 1.29 is 32.2 Å². The van der Waals surface area contributed by atoms with Gasteiger partial charge in [-0.05, 0) is 82.6 Å². The van der Waals surface area contributed by atoms with E-state index in [4.69, 9.17) is 9.47 Å². The zero-order valence-electron chi connectivity index (χ0n) is 24.8. The van der Waals surface area contributed by atoms with Crippen molar-refractivity contribution >= 4 is 12.0 Å². The third-order valence-electron chi connectivity index (χ3n) is 8.68. The fraction of sp³-hybridized carbons (Fsp3) is 0.562. The Labute approximate surface area is 240 Å². The molecule has 2 saturated heterocycles. The van der Waals surface area contributed by atoms with Gasteiger partial charge in [-0.3, -0.25) is 4.79 Å². The molecule has 224 valence electrons. The summed E-state index contributed by atoms with van der Waals surface area (Å²) in [6, 6.07) is 12.9. The highest BCUT2D eigenvalue weighted by Crippen LogP contribution is 2.52. The van der Waals surface area contributed by atoms with Crippen molar-refractivity contribution in [1.29, 1.82) is 0 Å². The zero-order valence-corrected chi connectivity index (χ0v) is 24.8. The monoisotopic (exact) mass is 574 g/mol. The number of halogens is 3. The highest BCUT2D eigenvalue weighted by molar-refractivity contribution is 5.87. The third kappa shape index (κ3) is 6.49. The van der Waals surface area contributed by atoms with Crippen LogP contribution in [-0.2, 0) is 21.1 Å². The van der Waals surface area contributed by atoms with Gasteiger partial charge in [-0.25, -0.2) is 4.79 Å². The number of carbonyl (C=O) groups is 2. The predicted molar refractivity (Wildman–Crippen MR) is 151 cm³/mol. The molecule has 2 aliphatic heterocycles. The van der Waals surface area contributed by atoms with Gasteiger partial charge in [0.2, 0.25) is 5.91 Å². The Morgan fingerprint density at radius 2 is 1.44 bits per heavy atom. The molecule has 2 aliphatic rings. The molecule has 4 rings (SSSR count). The van der Waals surface area contributed by atoms with Crippen LogP contribution in [0, 0.1) is 5.41 Å². The number of amides is 2. The molecular formula is C32H41F3N2O4. The van der Waals surface area contributed by atoms with Crippen LogP contribution >= 0.6 is 0 Å². The molecule has 9 heteroatoms. The molecule has 2 aromatic rings. The summed E-state index contributed by atoms with van der Waals surface area (Å²) in [4.78, 5) is 30.3. The number of para-hydroxylation sites is 1. The van der Waals surface area contributed by atoms with Gasteiger partial charge < -0.3 is 19.3 Å². The SMILES string of the molecule is COc1ccccc1C1CN(C(=O)OC(C)(C)C)CCC12CCN(C(=O)C(C)(C)c1cccc(C(F)(F)F)c1)CC2. The summed E-state index contributed by atoms with van der Waals surface area (Å²) in [5, 5.41) is 0. The van der Waals surface area contributed by atoms with Gasteiger partial charge in [-0.1, -0.05) is 36.4 Å². The van der Waals surface area contributed by atoms with Crippen molar-refractivity contribution in [3.63, 3.8) is 0 Å². The number of alkyl halides is 3. The Kier molecular flexibility index (Phi) is 8.40. The number of rotatable bonds is 4. The summed E-state index contributed by atoms with van der Waals surface area (Å²) in [5.41, 5.74) is -1.30. The maximum atomic E-state index is 13.7. The van der Waals surface area contributed by atoms with Gasteiger partial charge in [-0.15, -0.1) is 0 Å². The van der Waals surface area contributed by atoms with Crippen LogP contribution in [0.3, 0.4) is 0 Å². The molecule has 1 atom stereocenters. The fourth-order valence-electron chi connectivity index (χ4n) is 6.27. The topological polar surface area (TPSA) is 59.1 Å². The van der Waals surface area contributed by atoms with E-state index in [9.17, 15) is 22.8 Å². The van der Waals surface area contributed by atoms with Gasteiger partial charge in [0.15, 0.2) is 0 Å². The smallest absolute Gasteiger partial charge is 0.416 e. The minimum Gasteiger partial charge on any atom is -0.496 e. The summed E-state index contributed by atoms with van der Waals surface area (Å²) >= 11 is 0. The van der Waals surface area contributed by atoms with Gasteiger partial charge in [0.25, 0.3) is 0 Å². The Hall–Kier alpha value is -3.23. The van der Waals surface area contributed by atoms with Crippen molar-refractivity contribution in [2.45, 2.75) is 77.0 Å². The lowest BCUT2D eigenvalue weighted by Gasteiger charge is -2.52. The van der Waals surface area contributed by atoms with Gasteiger partial charge in [0.05, 0.1) is 18.1 Å². The lowest BCUT2D eigenvalue weighted by Crippen LogP contribution is -2.55. The first-order valence-electron chi connectivity index (χ1n) is 14.2. The lowest BCUT2D eigenvalue weighted by molar-refractivity contribution is -0.140. The largest absolute Gasteiger partial charge is 0.496 e. The third-order valence-corrected chi connectivity index (χ3v) is 8.68. The number of likely N-dealkylation sites (tertiary alicyclic amines) is 2. The molecule has 1 unspecified atom stereocenters. The molecule has 6 nitrogen and oxygen atoms in total. The van der Waals surface area contributed by atoms with Crippen LogP contribution in [0.15, 0.2) is 48.5 Å². The maximum absolute atomic E-state index is 13.7. The first-order valence-corrected chi connectivity index (χ1v) is 14.2. The van der Waals surface area contributed by atoms with Crippen LogP contribution in [0.4, 0.5) is 18.0 Å². The van der Waals surface area contributed by atoms with Crippen LogP contribution in [-0.4, -0.2) is 60.7 Å². The summed E-state index contributed by atoms with van der Waals surface area (Å²) in [5.74, 6) is 0.535. The molecule has 0 aromatic heterocycles. The molecule has 41 heavy (non-hydrogen) atoms. The second kappa shape index (κ2) is 11.2. The lowest BCUT2D eigenvalue weighted by atomic mass is 9.62. The standard InChI is InChI=1S/C32H41F3N2O4/c1-29(2,3)41-28(39)37-19-16-31(25(21-37)24-12-7-8-13-26(24)40-6)14-17-36(18-15-31)27(38)30(4,5)22-10-9-11-23(20-22)32(33,34)35/h7-13,20,25H,14-19,21H2,1-6H3. The van der Waals surface area contributed by atoms with Crippen molar-refractivity contribution in [2.24, 2.45) is 5.41 Å². The zero-order chi connectivity index (χ0) is 30.2. The number of carbonyl (C=O) groups excluding carboxylic acids is 2. The van der Waals surface area contributed by atoms with Gasteiger partial charge in [0, 0.05) is 32.1 Å². The number of benzene rings is 2. The average molecular weight is 575 g/mol. The number of nitrogens with zero attached hydrogens (tertiary/aromatic N) is 2. The van der Waals surface area contributed by atoms with E-state index < -0.39 is 22.8 Å². The molecular weight excluding hydrogens is 533 g/mol. The van der Waals surface area contributed by atoms with Crippen molar-refractivity contribution in [3.8, 4) is 5.75 Å². The van der Waals surface area contributed by atoms with Crippen LogP contribution in [0.5, 0.6) is 5.75 Å². The first kappa shape index (κ1) is 30.7. The normalized spacial score (nSPS) is 19.7. The molecule has 0 aliphatic carbocycles. The number of methoxy groups -OCH3 is 1. The van der Waals surface area contributed by atoms with E-state index >= 15 is 0 Å². The molecule has 0 saturated carbocycles. The molecule has 2 heterocycles. The van der Waals surface area contributed by atoms with E-state index in [-0.39, 0.29) is 23.3 Å². The van der Waals surface area contributed by atoms with E-state index in [1.807, 2.05) is 45.0 Å². The molecule has 2 aromatic carbocycles. The number of piperidine rings is 2. The molecule has 2 amide bonds. The van der Waals surface area contributed by atoms with Crippen LogP contribution < -0.4 is 4.74 Å². The highest BCUT2D eigenvalue weighted by atomic mass is 19.4. The van der Waals surface area contributed by atoms with Crippen LogP contribution in [0.2, 0.25) is 0 Å². The van der Waals surface area contributed by atoms with Gasteiger partial charge >= 0.3 is 12.3 Å². The summed E-state index contributed by atoms with van der Waals surface area (Å²) in [6.45, 7) is 10.9. The second-order valence-electron chi connectivity index (χ2n) is 12.8.